The zero-order valence-electron chi connectivity index (χ0n) is 21.1. The first kappa shape index (κ1) is 27.1. The van der Waals surface area contributed by atoms with Crippen molar-refractivity contribution in [3.8, 4) is 11.5 Å². The fourth-order valence-electron chi connectivity index (χ4n) is 5.45. The van der Waals surface area contributed by atoms with Crippen LogP contribution in [0.1, 0.15) is 65.5 Å². The molecule has 1 heterocycles. The molecule has 1 aliphatic heterocycles. The lowest BCUT2D eigenvalue weighted by Crippen LogP contribution is -2.62. The maximum absolute atomic E-state index is 13.9. The molecule has 0 atom stereocenters. The molecule has 0 aromatic heterocycles. The molecule has 1 fully saturated rings. The smallest absolute Gasteiger partial charge is 0.303 e. The zero-order chi connectivity index (χ0) is 25.0. The Labute approximate surface area is 199 Å². The van der Waals surface area contributed by atoms with Gasteiger partial charge in [-0.1, -0.05) is 53.7 Å². The van der Waals surface area contributed by atoms with Gasteiger partial charge in [0.1, 0.15) is 20.3 Å². The first-order chi connectivity index (χ1) is 15.4. The Morgan fingerprint density at radius 1 is 1.12 bits per heavy atom. The van der Waals surface area contributed by atoms with E-state index in [1.54, 1.807) is 18.2 Å². The van der Waals surface area contributed by atoms with Gasteiger partial charge in [-0.2, -0.15) is 0 Å². The fraction of sp³-hybridized carbons (Fsp3) is 0.615. The predicted molar refractivity (Wildman–Crippen MR) is 134 cm³/mol. The van der Waals surface area contributed by atoms with E-state index in [1.165, 1.54) is 4.90 Å². The second kappa shape index (κ2) is 10.8. The van der Waals surface area contributed by atoms with Crippen LogP contribution in [0.15, 0.2) is 18.2 Å². The summed E-state index contributed by atoms with van der Waals surface area (Å²) in [5.74, 6) is 1.91. The van der Waals surface area contributed by atoms with E-state index in [2.05, 4.69) is 53.0 Å². The predicted octanol–water partition coefficient (Wildman–Crippen LogP) is 5.05. The number of carbonyl (C=O) groups is 2. The zero-order valence-corrected chi connectivity index (χ0v) is 22.1. The van der Waals surface area contributed by atoms with Crippen LogP contribution in [0.25, 0.3) is 0 Å². The van der Waals surface area contributed by atoms with Crippen molar-refractivity contribution in [2.24, 2.45) is 5.73 Å². The van der Waals surface area contributed by atoms with E-state index in [1.807, 2.05) is 6.92 Å². The Kier molecular flexibility index (Phi) is 8.89. The van der Waals surface area contributed by atoms with Gasteiger partial charge in [0.2, 0.25) is 5.91 Å². The highest BCUT2D eigenvalue weighted by Crippen LogP contribution is 2.41. The molecule has 182 valence electrons. The van der Waals surface area contributed by atoms with E-state index < -0.39 is 32.1 Å². The van der Waals surface area contributed by atoms with Gasteiger partial charge in [0.25, 0.3) is 0 Å². The third-order valence-electron chi connectivity index (χ3n) is 7.33. The number of nitrogens with two attached hydrogens (primary N) is 1. The molecule has 2 rings (SSSR count). The number of hydrogen-bond donors (Lipinski definition) is 1. The van der Waals surface area contributed by atoms with Gasteiger partial charge < -0.3 is 10.5 Å². The highest BCUT2D eigenvalue weighted by molar-refractivity contribution is 6.90. The fourth-order valence-corrected chi connectivity index (χ4v) is 10.6. The van der Waals surface area contributed by atoms with E-state index in [-0.39, 0.29) is 12.8 Å². The minimum Gasteiger partial charge on any atom is -0.381 e. The van der Waals surface area contributed by atoms with Gasteiger partial charge in [-0.25, -0.2) is 4.39 Å². The van der Waals surface area contributed by atoms with Crippen LogP contribution in [0.5, 0.6) is 0 Å². The van der Waals surface area contributed by atoms with Crippen molar-refractivity contribution in [2.75, 3.05) is 18.1 Å². The van der Waals surface area contributed by atoms with E-state index in [9.17, 15) is 14.0 Å². The molecule has 1 aliphatic rings. The molecule has 1 aromatic rings. The highest BCUT2D eigenvalue weighted by Gasteiger charge is 2.48. The summed E-state index contributed by atoms with van der Waals surface area (Å²) in [5.41, 5.74) is 10.9. The molecule has 2 amide bonds. The largest absolute Gasteiger partial charge is 0.381 e. The number of hydrogen-bond acceptors (Lipinski definition) is 3. The molecule has 33 heavy (non-hydrogen) atoms. The maximum atomic E-state index is 13.9. The molecule has 0 radical (unpaired) electrons. The molecule has 1 aromatic carbocycles. The molecule has 0 bridgehead atoms. The Morgan fingerprint density at radius 3 is 2.12 bits per heavy atom. The van der Waals surface area contributed by atoms with Gasteiger partial charge >= 0.3 is 5.91 Å². The Bertz CT molecular complexity index is 905. The summed E-state index contributed by atoms with van der Waals surface area (Å²) in [6.45, 7) is 14.9. The number of amides is 2. The molecule has 7 heteroatoms. The molecule has 0 aliphatic carbocycles. The molecular weight excluding hydrogens is 435 g/mol. The Morgan fingerprint density at radius 2 is 1.67 bits per heavy atom. The third-order valence-corrected chi connectivity index (χ3v) is 13.6. The van der Waals surface area contributed by atoms with E-state index in [4.69, 9.17) is 10.5 Å². The van der Waals surface area contributed by atoms with Crippen LogP contribution < -0.4 is 10.6 Å². The van der Waals surface area contributed by atoms with Crippen molar-refractivity contribution in [1.29, 1.82) is 0 Å². The number of benzene rings is 1. The topological polar surface area (TPSA) is 72.6 Å². The summed E-state index contributed by atoms with van der Waals surface area (Å²) in [5, 5.41) is 0. The molecular formula is C26H39FN2O3Si. The lowest BCUT2D eigenvalue weighted by atomic mass is 9.85. The number of nitrogens with zero attached hydrogens (tertiary/aromatic N) is 1. The number of aryl methyl sites for hydroxylation is 1. The second-order valence-electron chi connectivity index (χ2n) is 10.1. The number of primary amides is 1. The number of anilines is 1. The van der Waals surface area contributed by atoms with Crippen LogP contribution in [0, 0.1) is 18.4 Å². The molecule has 5 nitrogen and oxygen atoms in total. The summed E-state index contributed by atoms with van der Waals surface area (Å²) in [7, 11) is -2.18. The molecule has 1 saturated heterocycles. The monoisotopic (exact) mass is 474 g/mol. The summed E-state index contributed by atoms with van der Waals surface area (Å²) in [6.07, 6.45) is 0.548. The minimum absolute atomic E-state index is 0.274. The van der Waals surface area contributed by atoms with Gasteiger partial charge in [-0.15, -0.1) is 5.54 Å². The molecule has 2 N–H and O–H groups in total. The van der Waals surface area contributed by atoms with Crippen LogP contribution in [0.3, 0.4) is 0 Å². The average Bonchev–Trinajstić information content (AvgIpc) is 2.75. The van der Waals surface area contributed by atoms with Crippen molar-refractivity contribution >= 4 is 25.6 Å². The number of rotatable bonds is 7. The van der Waals surface area contributed by atoms with Gasteiger partial charge in [0.05, 0.1) is 0 Å². The lowest BCUT2D eigenvalue weighted by Gasteiger charge is -2.43. The van der Waals surface area contributed by atoms with Crippen molar-refractivity contribution < 1.29 is 18.7 Å². The highest BCUT2D eigenvalue weighted by atomic mass is 28.3. The molecule has 0 unspecified atom stereocenters. The first-order valence-corrected chi connectivity index (χ1v) is 14.1. The Balaban J connectivity index is 2.74. The summed E-state index contributed by atoms with van der Waals surface area (Å²) in [4.78, 5) is 28.1. The maximum Gasteiger partial charge on any atom is 0.303 e. The summed E-state index contributed by atoms with van der Waals surface area (Å²) < 4.78 is 19.0. The van der Waals surface area contributed by atoms with Crippen LogP contribution in [-0.2, 0) is 21.0 Å². The van der Waals surface area contributed by atoms with E-state index in [0.29, 0.717) is 41.1 Å². The summed E-state index contributed by atoms with van der Waals surface area (Å²) >= 11 is 0. The van der Waals surface area contributed by atoms with Gasteiger partial charge in [0, 0.05) is 31.7 Å². The van der Waals surface area contributed by atoms with Gasteiger partial charge in [-0.05, 0) is 46.7 Å². The number of alkyl halides is 1. The SMILES string of the molecule is Cc1ccc(CF)cc1N(C(=O)C#C[Si](C(C)C)(C(C)C)C(C)C)C1(C(N)=O)CCOCC1. The lowest BCUT2D eigenvalue weighted by molar-refractivity contribution is -0.130. The molecule has 0 spiro atoms. The number of ether oxygens (including phenoxy) is 1. The normalized spacial score (nSPS) is 16.0. The van der Waals surface area contributed by atoms with Crippen molar-refractivity contribution in [3.05, 3.63) is 29.3 Å². The van der Waals surface area contributed by atoms with Crippen LogP contribution in [0.4, 0.5) is 10.1 Å². The summed E-state index contributed by atoms with van der Waals surface area (Å²) in [6, 6.07) is 5.08. The van der Waals surface area contributed by atoms with Crippen molar-refractivity contribution in [2.45, 2.75) is 90.1 Å². The van der Waals surface area contributed by atoms with Crippen LogP contribution >= 0.6 is 0 Å². The van der Waals surface area contributed by atoms with E-state index in [0.717, 1.165) is 5.56 Å². The third kappa shape index (κ3) is 5.17. The van der Waals surface area contributed by atoms with Crippen molar-refractivity contribution in [1.82, 2.24) is 0 Å². The quantitative estimate of drug-likeness (QED) is 0.444. The van der Waals surface area contributed by atoms with Gasteiger partial charge in [0.15, 0.2) is 0 Å². The van der Waals surface area contributed by atoms with E-state index >= 15 is 0 Å². The average molecular weight is 475 g/mol. The molecule has 0 saturated carbocycles. The number of halogens is 1. The van der Waals surface area contributed by atoms with Crippen LogP contribution in [-0.4, -0.2) is 38.6 Å². The second-order valence-corrected chi connectivity index (χ2v) is 15.6. The van der Waals surface area contributed by atoms with Gasteiger partial charge in [-0.3, -0.25) is 14.5 Å². The van der Waals surface area contributed by atoms with Crippen molar-refractivity contribution in [3.63, 3.8) is 0 Å². The van der Waals surface area contributed by atoms with Crippen LogP contribution in [0.2, 0.25) is 16.6 Å². The first-order valence-electron chi connectivity index (χ1n) is 11.8. The number of carbonyl (C=O) groups excluding carboxylic acids is 2. The standard InChI is InChI=1S/C26H39FN2O3Si/c1-18(2)33(19(3)4,20(5)6)15-10-24(30)29(23-16-22(17-27)9-8-21(23)7)26(25(28)31)11-13-32-14-12-26/h8-9,16,18-20H,11-14,17H2,1-7H3,(H2,28,31). The minimum atomic E-state index is -2.18. The Hall–Kier alpha value is -2.17.